The fourth-order valence-electron chi connectivity index (χ4n) is 2.84. The van der Waals surface area contributed by atoms with Gasteiger partial charge in [0.15, 0.2) is 0 Å². The predicted molar refractivity (Wildman–Crippen MR) is 68.8 cm³/mol. The van der Waals surface area contributed by atoms with Crippen molar-refractivity contribution in [3.8, 4) is 0 Å². The van der Waals surface area contributed by atoms with Crippen molar-refractivity contribution in [2.75, 3.05) is 33.4 Å². The number of likely N-dealkylation sites (N-methyl/N-ethyl adjacent to an activating group) is 1. The van der Waals surface area contributed by atoms with E-state index in [1.165, 1.54) is 0 Å². The number of nitrogens with zero attached hydrogens (tertiary/aromatic N) is 2. The van der Waals surface area contributed by atoms with E-state index >= 15 is 0 Å². The Labute approximate surface area is 113 Å². The third kappa shape index (κ3) is 2.90. The third-order valence-electron chi connectivity index (χ3n) is 4.28. The molecule has 6 nitrogen and oxygen atoms in total. The summed E-state index contributed by atoms with van der Waals surface area (Å²) in [5.41, 5.74) is 0. The smallest absolute Gasteiger partial charge is 0.310 e. The van der Waals surface area contributed by atoms with Crippen LogP contribution in [0, 0.1) is 5.92 Å². The number of hydrogen-bond donors (Lipinski definition) is 1. The van der Waals surface area contributed by atoms with Crippen molar-refractivity contribution in [2.24, 2.45) is 5.92 Å². The summed E-state index contributed by atoms with van der Waals surface area (Å²) >= 11 is 0. The lowest BCUT2D eigenvalue weighted by molar-refractivity contribution is -0.145. The molecule has 0 bridgehead atoms. The lowest BCUT2D eigenvalue weighted by Crippen LogP contribution is -2.51. The van der Waals surface area contributed by atoms with Crippen LogP contribution in [0.25, 0.3) is 0 Å². The molecule has 3 unspecified atom stereocenters. The lowest BCUT2D eigenvalue weighted by Gasteiger charge is -2.33. The van der Waals surface area contributed by atoms with Crippen LogP contribution in [-0.4, -0.2) is 72.2 Å². The zero-order chi connectivity index (χ0) is 14.0. The molecular formula is C13H22N2O4. The van der Waals surface area contributed by atoms with Crippen LogP contribution in [0.1, 0.15) is 19.8 Å². The number of carboxylic acids is 1. The number of carboxylic acid groups (broad SMARTS) is 1. The molecule has 19 heavy (non-hydrogen) atoms. The number of rotatable bonds is 4. The molecule has 0 saturated carbocycles. The molecule has 2 heterocycles. The summed E-state index contributed by atoms with van der Waals surface area (Å²) in [5, 5.41) is 9.16. The molecule has 2 rings (SSSR count). The van der Waals surface area contributed by atoms with Crippen LogP contribution in [0.3, 0.4) is 0 Å². The number of carbonyl (C=O) groups is 2. The molecule has 2 saturated heterocycles. The van der Waals surface area contributed by atoms with Gasteiger partial charge in [-0.1, -0.05) is 0 Å². The molecule has 0 aromatic rings. The SMILES string of the molecule is CC(C(=O)N1CCCC1)N(C)C1COCC1C(=O)O. The van der Waals surface area contributed by atoms with E-state index in [-0.39, 0.29) is 24.6 Å². The van der Waals surface area contributed by atoms with E-state index in [0.717, 1.165) is 25.9 Å². The quantitative estimate of drug-likeness (QED) is 0.780. The van der Waals surface area contributed by atoms with Gasteiger partial charge in [0, 0.05) is 19.1 Å². The first-order chi connectivity index (χ1) is 9.02. The van der Waals surface area contributed by atoms with E-state index in [1.54, 1.807) is 0 Å². The molecule has 3 atom stereocenters. The Hall–Kier alpha value is -1.14. The van der Waals surface area contributed by atoms with Crippen molar-refractivity contribution in [1.82, 2.24) is 9.80 Å². The number of likely N-dealkylation sites (tertiary alicyclic amines) is 1. The molecule has 1 amide bonds. The molecule has 0 spiro atoms. The van der Waals surface area contributed by atoms with Gasteiger partial charge >= 0.3 is 5.97 Å². The average molecular weight is 270 g/mol. The number of aliphatic carboxylic acids is 1. The minimum Gasteiger partial charge on any atom is -0.481 e. The van der Waals surface area contributed by atoms with Crippen LogP contribution in [0.2, 0.25) is 0 Å². The van der Waals surface area contributed by atoms with Crippen molar-refractivity contribution in [3.63, 3.8) is 0 Å². The largest absolute Gasteiger partial charge is 0.481 e. The summed E-state index contributed by atoms with van der Waals surface area (Å²) in [7, 11) is 1.81. The van der Waals surface area contributed by atoms with Gasteiger partial charge < -0.3 is 14.7 Å². The highest BCUT2D eigenvalue weighted by molar-refractivity contribution is 5.82. The molecule has 1 N–H and O–H groups in total. The molecule has 0 aromatic heterocycles. The minimum atomic E-state index is -0.852. The van der Waals surface area contributed by atoms with Gasteiger partial charge in [-0.2, -0.15) is 0 Å². The molecule has 0 aliphatic carbocycles. The maximum atomic E-state index is 12.3. The molecular weight excluding hydrogens is 248 g/mol. The second-order valence-electron chi connectivity index (χ2n) is 5.42. The van der Waals surface area contributed by atoms with Gasteiger partial charge in [-0.15, -0.1) is 0 Å². The van der Waals surface area contributed by atoms with E-state index in [2.05, 4.69) is 0 Å². The number of amides is 1. The van der Waals surface area contributed by atoms with E-state index in [0.29, 0.717) is 6.61 Å². The zero-order valence-corrected chi connectivity index (χ0v) is 11.5. The van der Waals surface area contributed by atoms with Gasteiger partial charge in [-0.3, -0.25) is 14.5 Å². The summed E-state index contributed by atoms with van der Waals surface area (Å²) in [6.45, 7) is 4.10. The normalized spacial score (nSPS) is 28.9. The molecule has 0 aromatic carbocycles. The van der Waals surface area contributed by atoms with Gasteiger partial charge in [0.25, 0.3) is 0 Å². The number of hydrogen-bond acceptors (Lipinski definition) is 4. The van der Waals surface area contributed by atoms with E-state index < -0.39 is 11.9 Å². The fraction of sp³-hybridized carbons (Fsp3) is 0.846. The van der Waals surface area contributed by atoms with Gasteiger partial charge in [0.1, 0.15) is 0 Å². The van der Waals surface area contributed by atoms with Crippen LogP contribution in [0.4, 0.5) is 0 Å². The van der Waals surface area contributed by atoms with Crippen LogP contribution < -0.4 is 0 Å². The monoisotopic (exact) mass is 270 g/mol. The van der Waals surface area contributed by atoms with Crippen molar-refractivity contribution >= 4 is 11.9 Å². The second-order valence-corrected chi connectivity index (χ2v) is 5.42. The number of carbonyl (C=O) groups excluding carboxylic acids is 1. The molecule has 2 fully saturated rings. The standard InChI is InChI=1S/C13H22N2O4/c1-9(12(16)15-5-3-4-6-15)14(2)11-8-19-7-10(11)13(17)18/h9-11H,3-8H2,1-2H3,(H,17,18). The first-order valence-electron chi connectivity index (χ1n) is 6.83. The summed E-state index contributed by atoms with van der Waals surface area (Å²) in [6.07, 6.45) is 2.12. The first-order valence-corrected chi connectivity index (χ1v) is 6.83. The second kappa shape index (κ2) is 5.88. The number of ether oxygens (including phenoxy) is 1. The van der Waals surface area contributed by atoms with Crippen LogP contribution in [0.5, 0.6) is 0 Å². The Bertz CT molecular complexity index is 355. The Morgan fingerprint density at radius 1 is 1.32 bits per heavy atom. The summed E-state index contributed by atoms with van der Waals surface area (Å²) in [5.74, 6) is -1.30. The predicted octanol–water partition coefficient (Wildman–Crippen LogP) is 0.0287. The van der Waals surface area contributed by atoms with Gasteiger partial charge in [0.2, 0.25) is 5.91 Å². The van der Waals surface area contributed by atoms with Gasteiger partial charge in [0.05, 0.1) is 25.2 Å². The Morgan fingerprint density at radius 3 is 2.53 bits per heavy atom. The topological polar surface area (TPSA) is 70.1 Å². The highest BCUT2D eigenvalue weighted by atomic mass is 16.5. The summed E-state index contributed by atoms with van der Waals surface area (Å²) in [6, 6.07) is -0.522. The average Bonchev–Trinajstić information content (AvgIpc) is 3.06. The molecule has 2 aliphatic heterocycles. The van der Waals surface area contributed by atoms with Crippen molar-refractivity contribution in [1.29, 1.82) is 0 Å². The molecule has 6 heteroatoms. The minimum absolute atomic E-state index is 0.0936. The highest BCUT2D eigenvalue weighted by Gasteiger charge is 2.40. The zero-order valence-electron chi connectivity index (χ0n) is 11.5. The van der Waals surface area contributed by atoms with E-state index in [9.17, 15) is 9.59 Å². The van der Waals surface area contributed by atoms with E-state index in [1.807, 2.05) is 23.8 Å². The Morgan fingerprint density at radius 2 is 1.95 bits per heavy atom. The molecule has 0 radical (unpaired) electrons. The Balaban J connectivity index is 1.99. The maximum absolute atomic E-state index is 12.3. The summed E-state index contributed by atoms with van der Waals surface area (Å²) < 4.78 is 5.26. The van der Waals surface area contributed by atoms with E-state index in [4.69, 9.17) is 9.84 Å². The fourth-order valence-corrected chi connectivity index (χ4v) is 2.84. The van der Waals surface area contributed by atoms with Crippen molar-refractivity contribution in [3.05, 3.63) is 0 Å². The van der Waals surface area contributed by atoms with Crippen molar-refractivity contribution in [2.45, 2.75) is 31.8 Å². The highest BCUT2D eigenvalue weighted by Crippen LogP contribution is 2.22. The third-order valence-corrected chi connectivity index (χ3v) is 4.28. The maximum Gasteiger partial charge on any atom is 0.310 e. The Kier molecular flexibility index (Phi) is 4.42. The molecule has 108 valence electrons. The van der Waals surface area contributed by atoms with Crippen LogP contribution >= 0.6 is 0 Å². The summed E-state index contributed by atoms with van der Waals surface area (Å²) in [4.78, 5) is 27.2. The van der Waals surface area contributed by atoms with Crippen LogP contribution in [0.15, 0.2) is 0 Å². The van der Waals surface area contributed by atoms with Crippen LogP contribution in [-0.2, 0) is 14.3 Å². The van der Waals surface area contributed by atoms with Gasteiger partial charge in [-0.05, 0) is 26.8 Å². The first kappa shape index (κ1) is 14.3. The lowest BCUT2D eigenvalue weighted by atomic mass is 10.0. The van der Waals surface area contributed by atoms with Crippen molar-refractivity contribution < 1.29 is 19.4 Å². The van der Waals surface area contributed by atoms with Gasteiger partial charge in [-0.25, -0.2) is 0 Å². The molecule has 2 aliphatic rings.